The zero-order valence-electron chi connectivity index (χ0n) is 10.4. The van der Waals surface area contributed by atoms with Crippen LogP contribution in [0, 0.1) is 5.92 Å². The summed E-state index contributed by atoms with van der Waals surface area (Å²) in [5.74, 6) is -1.24. The highest BCUT2D eigenvalue weighted by molar-refractivity contribution is 5.80. The molecule has 0 aromatic heterocycles. The predicted octanol–water partition coefficient (Wildman–Crippen LogP) is -0.297. The molecule has 0 fully saturated rings. The summed E-state index contributed by atoms with van der Waals surface area (Å²) in [5, 5.41) is 20.4. The quantitative estimate of drug-likeness (QED) is 0.470. The maximum atomic E-state index is 11.4. The molecule has 0 saturated heterocycles. The first-order chi connectivity index (χ1) is 7.79. The third kappa shape index (κ3) is 6.91. The van der Waals surface area contributed by atoms with Crippen molar-refractivity contribution in [2.75, 3.05) is 13.1 Å². The number of rotatable bonds is 8. The minimum Gasteiger partial charge on any atom is -0.479 e. The summed E-state index contributed by atoms with van der Waals surface area (Å²) in [6.07, 6.45) is 1.88. The Kier molecular flexibility index (Phi) is 6.75. The number of nitrogens with one attached hydrogen (secondary N) is 1. The van der Waals surface area contributed by atoms with E-state index in [0.717, 1.165) is 13.3 Å². The summed E-state index contributed by atoms with van der Waals surface area (Å²) >= 11 is 0. The third-order valence-corrected chi connectivity index (χ3v) is 2.61. The van der Waals surface area contributed by atoms with Crippen molar-refractivity contribution in [3.05, 3.63) is 0 Å². The number of hydrogen-bond acceptors (Lipinski definition) is 4. The standard InChI is InChI=1S/C11H22N2O4/c1-8(5-6-12)3-4-9(14)13-7-11(2,17)10(15)16/h8,17H,3-7,12H2,1-2H3,(H,13,14)(H,15,16). The van der Waals surface area contributed by atoms with Crippen LogP contribution in [0.25, 0.3) is 0 Å². The van der Waals surface area contributed by atoms with Crippen LogP contribution in [0.4, 0.5) is 0 Å². The monoisotopic (exact) mass is 246 g/mol. The van der Waals surface area contributed by atoms with Crippen molar-refractivity contribution in [1.29, 1.82) is 0 Å². The van der Waals surface area contributed by atoms with Gasteiger partial charge in [-0.2, -0.15) is 0 Å². The highest BCUT2D eigenvalue weighted by atomic mass is 16.4. The van der Waals surface area contributed by atoms with E-state index >= 15 is 0 Å². The molecular formula is C11H22N2O4. The molecule has 0 aromatic rings. The fourth-order valence-electron chi connectivity index (χ4n) is 1.24. The molecular weight excluding hydrogens is 224 g/mol. The summed E-state index contributed by atoms with van der Waals surface area (Å²) in [4.78, 5) is 21.9. The Morgan fingerprint density at radius 3 is 2.47 bits per heavy atom. The highest BCUT2D eigenvalue weighted by Crippen LogP contribution is 2.09. The minimum atomic E-state index is -1.92. The zero-order valence-corrected chi connectivity index (χ0v) is 10.4. The molecule has 5 N–H and O–H groups in total. The van der Waals surface area contributed by atoms with Crippen molar-refractivity contribution in [3.63, 3.8) is 0 Å². The third-order valence-electron chi connectivity index (χ3n) is 2.61. The highest BCUT2D eigenvalue weighted by Gasteiger charge is 2.30. The van der Waals surface area contributed by atoms with Crippen molar-refractivity contribution in [1.82, 2.24) is 5.32 Å². The molecule has 0 heterocycles. The average Bonchev–Trinajstić information content (AvgIpc) is 2.24. The molecule has 0 rings (SSSR count). The normalized spacial score (nSPS) is 16.0. The van der Waals surface area contributed by atoms with Gasteiger partial charge in [-0.05, 0) is 32.2 Å². The molecule has 0 aliphatic rings. The lowest BCUT2D eigenvalue weighted by Gasteiger charge is -2.18. The number of aliphatic carboxylic acids is 1. The lowest BCUT2D eigenvalue weighted by Crippen LogP contribution is -2.46. The molecule has 1 amide bonds. The van der Waals surface area contributed by atoms with Crippen molar-refractivity contribution < 1.29 is 19.8 Å². The zero-order chi connectivity index (χ0) is 13.5. The number of aliphatic hydroxyl groups is 1. The van der Waals surface area contributed by atoms with Gasteiger partial charge in [-0.25, -0.2) is 4.79 Å². The van der Waals surface area contributed by atoms with Crippen LogP contribution in [0.3, 0.4) is 0 Å². The van der Waals surface area contributed by atoms with Crippen LogP contribution in [-0.4, -0.2) is 40.8 Å². The summed E-state index contributed by atoms with van der Waals surface area (Å²) in [7, 11) is 0. The number of hydrogen-bond donors (Lipinski definition) is 4. The molecule has 0 aromatic carbocycles. The van der Waals surface area contributed by atoms with Crippen molar-refractivity contribution in [2.24, 2.45) is 11.7 Å². The number of carbonyl (C=O) groups is 2. The predicted molar refractivity (Wildman–Crippen MR) is 63.3 cm³/mol. The van der Waals surface area contributed by atoms with Gasteiger partial charge in [-0.3, -0.25) is 4.79 Å². The van der Waals surface area contributed by atoms with E-state index in [0.29, 0.717) is 25.3 Å². The van der Waals surface area contributed by atoms with Crippen molar-refractivity contribution in [3.8, 4) is 0 Å². The van der Waals surface area contributed by atoms with Gasteiger partial charge in [0.2, 0.25) is 5.91 Å². The molecule has 0 saturated carbocycles. The summed E-state index contributed by atoms with van der Waals surface area (Å²) in [6, 6.07) is 0. The molecule has 17 heavy (non-hydrogen) atoms. The van der Waals surface area contributed by atoms with Gasteiger partial charge in [0.25, 0.3) is 0 Å². The van der Waals surface area contributed by atoms with E-state index in [4.69, 9.17) is 10.8 Å². The van der Waals surface area contributed by atoms with Crippen LogP contribution in [0.1, 0.15) is 33.1 Å². The van der Waals surface area contributed by atoms with E-state index in [1.165, 1.54) is 0 Å². The van der Waals surface area contributed by atoms with Gasteiger partial charge >= 0.3 is 5.97 Å². The van der Waals surface area contributed by atoms with Gasteiger partial charge in [-0.1, -0.05) is 6.92 Å². The molecule has 2 atom stereocenters. The first-order valence-corrected chi connectivity index (χ1v) is 5.72. The van der Waals surface area contributed by atoms with Crippen LogP contribution in [0.15, 0.2) is 0 Å². The smallest absolute Gasteiger partial charge is 0.337 e. The Hall–Kier alpha value is -1.14. The minimum absolute atomic E-state index is 0.254. The van der Waals surface area contributed by atoms with Crippen molar-refractivity contribution in [2.45, 2.75) is 38.7 Å². The topological polar surface area (TPSA) is 113 Å². The van der Waals surface area contributed by atoms with E-state index in [1.807, 2.05) is 6.92 Å². The number of carbonyl (C=O) groups excluding carboxylic acids is 1. The fourth-order valence-corrected chi connectivity index (χ4v) is 1.24. The van der Waals surface area contributed by atoms with Gasteiger partial charge in [-0.15, -0.1) is 0 Å². The molecule has 0 spiro atoms. The Labute approximate surface area is 101 Å². The summed E-state index contributed by atoms with van der Waals surface area (Å²) in [6.45, 7) is 3.46. The largest absolute Gasteiger partial charge is 0.479 e. The number of amides is 1. The Morgan fingerprint density at radius 1 is 1.41 bits per heavy atom. The van der Waals surface area contributed by atoms with E-state index in [2.05, 4.69) is 5.32 Å². The van der Waals surface area contributed by atoms with Crippen LogP contribution in [0.2, 0.25) is 0 Å². The van der Waals surface area contributed by atoms with Gasteiger partial charge < -0.3 is 21.3 Å². The molecule has 0 radical (unpaired) electrons. The second kappa shape index (κ2) is 7.24. The molecule has 6 heteroatoms. The van der Waals surface area contributed by atoms with E-state index in [1.54, 1.807) is 0 Å². The molecule has 2 unspecified atom stereocenters. The Bertz CT molecular complexity index is 266. The van der Waals surface area contributed by atoms with Crippen LogP contribution >= 0.6 is 0 Å². The Morgan fingerprint density at radius 2 is 2.00 bits per heavy atom. The maximum Gasteiger partial charge on any atom is 0.337 e. The molecule has 0 aliphatic carbocycles. The number of nitrogens with two attached hydrogens (primary N) is 1. The lowest BCUT2D eigenvalue weighted by atomic mass is 10.0. The average molecular weight is 246 g/mol. The fraction of sp³-hybridized carbons (Fsp3) is 0.818. The molecule has 100 valence electrons. The molecule has 6 nitrogen and oxygen atoms in total. The maximum absolute atomic E-state index is 11.4. The van der Waals surface area contributed by atoms with E-state index < -0.39 is 11.6 Å². The van der Waals surface area contributed by atoms with E-state index in [9.17, 15) is 14.7 Å². The number of carboxylic acid groups (broad SMARTS) is 1. The van der Waals surface area contributed by atoms with Crippen LogP contribution < -0.4 is 11.1 Å². The first-order valence-electron chi connectivity index (χ1n) is 5.72. The second-order valence-electron chi connectivity index (χ2n) is 4.58. The summed E-state index contributed by atoms with van der Waals surface area (Å²) in [5.41, 5.74) is 3.47. The second-order valence-corrected chi connectivity index (χ2v) is 4.58. The number of carboxylic acids is 1. The SMILES string of the molecule is CC(CCN)CCC(=O)NCC(C)(O)C(=O)O. The first kappa shape index (κ1) is 15.9. The van der Waals surface area contributed by atoms with Gasteiger partial charge in [0.1, 0.15) is 0 Å². The molecule has 0 bridgehead atoms. The van der Waals surface area contributed by atoms with Gasteiger partial charge in [0, 0.05) is 6.42 Å². The summed E-state index contributed by atoms with van der Waals surface area (Å²) < 4.78 is 0. The van der Waals surface area contributed by atoms with Crippen LogP contribution in [-0.2, 0) is 9.59 Å². The van der Waals surface area contributed by atoms with Crippen LogP contribution in [0.5, 0.6) is 0 Å². The lowest BCUT2D eigenvalue weighted by molar-refractivity contribution is -0.156. The van der Waals surface area contributed by atoms with Crippen molar-refractivity contribution >= 4 is 11.9 Å². The van der Waals surface area contributed by atoms with Gasteiger partial charge in [0.15, 0.2) is 5.60 Å². The van der Waals surface area contributed by atoms with E-state index in [-0.39, 0.29) is 12.5 Å². The Balaban J connectivity index is 3.84. The molecule has 0 aliphatic heterocycles. The van der Waals surface area contributed by atoms with Gasteiger partial charge in [0.05, 0.1) is 6.54 Å².